The lowest BCUT2D eigenvalue weighted by Crippen LogP contribution is -2.23. The Balaban J connectivity index is 0.000000287. The average molecular weight is 909 g/mol. The van der Waals surface area contributed by atoms with Gasteiger partial charge in [0.25, 0.3) is 5.97 Å². The van der Waals surface area contributed by atoms with E-state index in [9.17, 15) is 14.4 Å². The van der Waals surface area contributed by atoms with Crippen molar-refractivity contribution in [2.75, 3.05) is 0 Å². The zero-order valence-corrected chi connectivity index (χ0v) is 38.9. The van der Waals surface area contributed by atoms with Gasteiger partial charge in [0.05, 0.1) is 0 Å². The molecule has 0 aliphatic heterocycles. The van der Waals surface area contributed by atoms with Crippen LogP contribution >= 0.6 is 15.9 Å². The van der Waals surface area contributed by atoms with Crippen molar-refractivity contribution in [1.29, 1.82) is 0 Å². The quantitative estimate of drug-likeness (QED) is 0.0964. The number of rotatable bonds is 6. The average Bonchev–Trinajstić information content (AvgIpc) is 3.17. The molecule has 0 aliphatic rings. The summed E-state index contributed by atoms with van der Waals surface area (Å²) in [6, 6.07) is 24.2. The van der Waals surface area contributed by atoms with Gasteiger partial charge in [-0.25, -0.2) is 9.59 Å². The summed E-state index contributed by atoms with van der Waals surface area (Å²) in [5, 5.41) is 14.3. The number of aromatic nitrogens is 3. The molecule has 0 fully saturated rings. The first-order valence-corrected chi connectivity index (χ1v) is 20.6. The molecule has 11 nitrogen and oxygen atoms in total. The fraction of sp³-hybridized carbons (Fsp3) is 0.300. The Morgan fingerprint density at radius 1 is 0.613 bits per heavy atom. The van der Waals surface area contributed by atoms with Crippen molar-refractivity contribution in [3.8, 4) is 0 Å². The summed E-state index contributed by atoms with van der Waals surface area (Å²) in [6.07, 6.45) is 16.3. The minimum Gasteiger partial charge on any atom is -0.481 e. The van der Waals surface area contributed by atoms with Crippen LogP contribution in [0.2, 0.25) is 0 Å². The van der Waals surface area contributed by atoms with Crippen LogP contribution in [-0.4, -0.2) is 60.7 Å². The predicted molar refractivity (Wildman–Crippen MR) is 251 cm³/mol. The molecular weight excluding hydrogens is 850 g/mol. The number of aliphatic carboxylic acids is 1. The van der Waals surface area contributed by atoms with Gasteiger partial charge in [-0.05, 0) is 138 Å². The van der Waals surface area contributed by atoms with Crippen LogP contribution in [0.1, 0.15) is 86.8 Å². The highest BCUT2D eigenvalue weighted by Crippen LogP contribution is 2.19. The van der Waals surface area contributed by atoms with E-state index in [-0.39, 0.29) is 17.9 Å². The van der Waals surface area contributed by atoms with E-state index in [0.29, 0.717) is 12.8 Å². The number of nitrogens with zero attached hydrogens (tertiary/aromatic N) is 3. The van der Waals surface area contributed by atoms with Crippen LogP contribution in [0.4, 0.5) is 0 Å². The lowest BCUT2D eigenvalue weighted by Gasteiger charge is -2.19. The third kappa shape index (κ3) is 22.9. The summed E-state index contributed by atoms with van der Waals surface area (Å²) in [4.78, 5) is 54.9. The number of hydrogen-bond donors (Lipinski definition) is 1. The maximum Gasteiger partial charge on any atom is 0.331 e. The third-order valence-corrected chi connectivity index (χ3v) is 7.90. The SMILES string of the molecule is Brc1ccc2cnccc2c1.C=CC(=O)OC(C)(C)C.CC(=O)O.CC(C)(C)OC(=O)/C=C/c1ccc2cnccc2c1.CC(C)(C)OC(=O)CCc1ccc2cnccc2c1. The van der Waals surface area contributed by atoms with Crippen molar-refractivity contribution in [2.45, 2.75) is 98.9 Å². The highest BCUT2D eigenvalue weighted by Gasteiger charge is 2.16. The molecular formula is C50H58BrN3O8. The monoisotopic (exact) mass is 907 g/mol. The van der Waals surface area contributed by atoms with Crippen molar-refractivity contribution in [1.82, 2.24) is 15.0 Å². The Morgan fingerprint density at radius 3 is 1.52 bits per heavy atom. The Kier molecular flexibility index (Phi) is 20.8. The fourth-order valence-corrected chi connectivity index (χ4v) is 5.41. The van der Waals surface area contributed by atoms with Crippen LogP contribution in [0.15, 0.2) is 133 Å². The first kappa shape index (κ1) is 51.9. The van der Waals surface area contributed by atoms with Gasteiger partial charge in [-0.2, -0.15) is 0 Å². The number of carboxylic acid groups (broad SMARTS) is 1. The summed E-state index contributed by atoms with van der Waals surface area (Å²) in [5.74, 6) is -1.69. The second kappa shape index (κ2) is 24.9. The first-order valence-electron chi connectivity index (χ1n) is 19.8. The van der Waals surface area contributed by atoms with Gasteiger partial charge in [-0.15, -0.1) is 0 Å². The summed E-state index contributed by atoms with van der Waals surface area (Å²) in [6.45, 7) is 21.0. The van der Waals surface area contributed by atoms with E-state index in [4.69, 9.17) is 24.1 Å². The molecule has 6 aromatic rings. The molecule has 0 radical (unpaired) electrons. The summed E-state index contributed by atoms with van der Waals surface area (Å²) >= 11 is 3.41. The number of aryl methyl sites for hydroxylation is 1. The van der Waals surface area contributed by atoms with Gasteiger partial charge in [0.15, 0.2) is 0 Å². The second-order valence-electron chi connectivity index (χ2n) is 16.6. The third-order valence-electron chi connectivity index (χ3n) is 7.40. The first-order chi connectivity index (χ1) is 28.9. The standard InChI is InChI=1S/C16H19NO2.C16H17NO2.C9H6BrN.C7H12O2.C2H4O2/c2*1-16(2,3)19-15(18)7-5-12-4-6-14-11-17-9-8-13(14)10-12;10-9-2-1-8-6-11-4-3-7(8)5-9;1-5-6(8)9-7(2,3)4;1-2(3)4/h4,6,8-11H,5,7H2,1-3H3;4-11H,1-3H3;1-6H;5H,1H2,2-4H3;1H3,(H,3,4)/b;7-5+;;;. The molecule has 1 N–H and O–H groups in total. The Hall–Kier alpha value is -6.27. The molecule has 0 bridgehead atoms. The van der Waals surface area contributed by atoms with E-state index in [2.05, 4.69) is 49.6 Å². The van der Waals surface area contributed by atoms with Crippen molar-refractivity contribution in [2.24, 2.45) is 0 Å². The van der Waals surface area contributed by atoms with Crippen LogP contribution in [0.25, 0.3) is 38.4 Å². The molecule has 3 heterocycles. The Labute approximate surface area is 373 Å². The second-order valence-corrected chi connectivity index (χ2v) is 17.5. The molecule has 0 unspecified atom stereocenters. The number of esters is 3. The van der Waals surface area contributed by atoms with Crippen molar-refractivity contribution in [3.63, 3.8) is 0 Å². The van der Waals surface area contributed by atoms with Gasteiger partial charge >= 0.3 is 17.9 Å². The molecule has 0 saturated heterocycles. The molecule has 12 heteroatoms. The number of carbonyl (C=O) groups excluding carboxylic acids is 3. The normalized spacial score (nSPS) is 11.0. The lowest BCUT2D eigenvalue weighted by molar-refractivity contribution is -0.155. The number of hydrogen-bond acceptors (Lipinski definition) is 10. The number of ether oxygens (including phenoxy) is 3. The van der Waals surface area contributed by atoms with Crippen molar-refractivity contribution < 1.29 is 38.5 Å². The molecule has 0 spiro atoms. The molecule has 0 saturated carbocycles. The molecule has 3 aromatic heterocycles. The minimum absolute atomic E-state index is 0.151. The molecule has 62 heavy (non-hydrogen) atoms. The van der Waals surface area contributed by atoms with Crippen LogP contribution in [0, 0.1) is 0 Å². The van der Waals surface area contributed by atoms with Gasteiger partial charge in [-0.3, -0.25) is 24.5 Å². The van der Waals surface area contributed by atoms with Gasteiger partial charge in [0.1, 0.15) is 16.8 Å². The van der Waals surface area contributed by atoms with E-state index >= 15 is 0 Å². The molecule has 0 atom stereocenters. The van der Waals surface area contributed by atoms with Gasteiger partial charge in [0, 0.05) is 83.3 Å². The summed E-state index contributed by atoms with van der Waals surface area (Å²) in [7, 11) is 0. The summed E-state index contributed by atoms with van der Waals surface area (Å²) < 4.78 is 16.4. The number of pyridine rings is 3. The maximum absolute atomic E-state index is 11.7. The number of halogens is 1. The predicted octanol–water partition coefficient (Wildman–Crippen LogP) is 11.7. The molecule has 0 aliphatic carbocycles. The van der Waals surface area contributed by atoms with Gasteiger partial charge in [-0.1, -0.05) is 58.9 Å². The van der Waals surface area contributed by atoms with Crippen molar-refractivity contribution >= 4 is 78.2 Å². The van der Waals surface area contributed by atoms with Gasteiger partial charge in [0.2, 0.25) is 0 Å². The molecule has 6 rings (SSSR count). The zero-order chi connectivity index (χ0) is 46.5. The fourth-order valence-electron chi connectivity index (χ4n) is 5.03. The Bertz CT molecular complexity index is 2440. The molecule has 3 aromatic carbocycles. The van der Waals surface area contributed by atoms with E-state index in [0.717, 1.165) is 50.1 Å². The number of fused-ring (bicyclic) bond motifs is 3. The number of carboxylic acids is 1. The molecule has 328 valence electrons. The lowest BCUT2D eigenvalue weighted by atomic mass is 10.1. The van der Waals surface area contributed by atoms with Crippen LogP contribution < -0.4 is 0 Å². The van der Waals surface area contributed by atoms with Crippen LogP contribution in [0.3, 0.4) is 0 Å². The van der Waals surface area contributed by atoms with E-state index in [1.165, 1.54) is 16.8 Å². The van der Waals surface area contributed by atoms with Gasteiger partial charge < -0.3 is 19.3 Å². The van der Waals surface area contributed by atoms with E-state index in [1.54, 1.807) is 24.7 Å². The van der Waals surface area contributed by atoms with Crippen LogP contribution in [0.5, 0.6) is 0 Å². The number of carbonyl (C=O) groups is 4. The van der Waals surface area contributed by atoms with Crippen LogP contribution in [-0.2, 0) is 39.8 Å². The number of benzene rings is 3. The van der Waals surface area contributed by atoms with E-state index in [1.807, 2.05) is 142 Å². The maximum atomic E-state index is 11.7. The largest absolute Gasteiger partial charge is 0.481 e. The smallest absolute Gasteiger partial charge is 0.331 e. The van der Waals surface area contributed by atoms with E-state index < -0.39 is 22.8 Å². The van der Waals surface area contributed by atoms with Crippen molar-refractivity contribution in [3.05, 3.63) is 144 Å². The molecule has 0 amide bonds. The Morgan fingerprint density at radius 2 is 1.05 bits per heavy atom. The summed E-state index contributed by atoms with van der Waals surface area (Å²) in [5.41, 5.74) is 0.836. The zero-order valence-electron chi connectivity index (χ0n) is 37.3. The highest BCUT2D eigenvalue weighted by molar-refractivity contribution is 9.10. The minimum atomic E-state index is -0.833. The topological polar surface area (TPSA) is 155 Å². The highest BCUT2D eigenvalue weighted by atomic mass is 79.9.